The first kappa shape index (κ1) is 19.2. The maximum atomic E-state index is 12.5. The number of hydrogen-bond acceptors (Lipinski definition) is 6. The molecule has 0 atom stereocenters. The van der Waals surface area contributed by atoms with Gasteiger partial charge >= 0.3 is 0 Å². The number of aromatic nitrogens is 2. The van der Waals surface area contributed by atoms with Crippen LogP contribution >= 0.6 is 23.3 Å². The molecule has 7 heteroatoms. The fourth-order valence-corrected chi connectivity index (χ4v) is 4.15. The molecule has 0 unspecified atom stereocenters. The Hall–Kier alpha value is -3.16. The fourth-order valence-electron chi connectivity index (χ4n) is 2.65. The van der Waals surface area contributed by atoms with Crippen molar-refractivity contribution in [3.63, 3.8) is 0 Å². The van der Waals surface area contributed by atoms with Gasteiger partial charge in [0.05, 0.1) is 5.69 Å². The second-order valence-corrected chi connectivity index (χ2v) is 8.22. The standard InChI is InChI=1S/C22H18N4OS2/c1-26(17-7-3-2-4-8-17)29-18-12-10-16(11-13-18)21(27)25-22-24-20(15-28-22)19-9-5-6-14-23-19/h2-15H,1H3,(H,24,25,27). The number of para-hydroxylation sites is 1. The van der Waals surface area contributed by atoms with Crippen LogP contribution in [-0.2, 0) is 0 Å². The Labute approximate surface area is 177 Å². The molecule has 5 nitrogen and oxygen atoms in total. The van der Waals surface area contributed by atoms with Gasteiger partial charge in [0.15, 0.2) is 5.13 Å². The van der Waals surface area contributed by atoms with Crippen LogP contribution in [0.15, 0.2) is 89.3 Å². The van der Waals surface area contributed by atoms with E-state index in [0.29, 0.717) is 10.7 Å². The van der Waals surface area contributed by atoms with Gasteiger partial charge in [0.25, 0.3) is 5.91 Å². The summed E-state index contributed by atoms with van der Waals surface area (Å²) >= 11 is 2.99. The molecule has 144 valence electrons. The third kappa shape index (κ3) is 4.82. The summed E-state index contributed by atoms with van der Waals surface area (Å²) < 4.78 is 2.09. The number of anilines is 2. The number of hydrogen-bond donors (Lipinski definition) is 1. The van der Waals surface area contributed by atoms with Crippen LogP contribution < -0.4 is 9.62 Å². The van der Waals surface area contributed by atoms with Gasteiger partial charge in [-0.3, -0.25) is 15.1 Å². The molecule has 0 spiro atoms. The second-order valence-electron chi connectivity index (χ2n) is 6.16. The number of amides is 1. The molecule has 4 rings (SSSR count). The van der Waals surface area contributed by atoms with Gasteiger partial charge < -0.3 is 4.31 Å². The lowest BCUT2D eigenvalue weighted by atomic mass is 10.2. The molecular formula is C22H18N4OS2. The zero-order chi connectivity index (χ0) is 20.1. The average Bonchev–Trinajstić information content (AvgIpc) is 3.24. The highest BCUT2D eigenvalue weighted by atomic mass is 32.2. The van der Waals surface area contributed by atoms with Crippen LogP contribution in [0.25, 0.3) is 11.4 Å². The lowest BCUT2D eigenvalue weighted by Crippen LogP contribution is -2.11. The van der Waals surface area contributed by atoms with Crippen LogP contribution in [0.3, 0.4) is 0 Å². The highest BCUT2D eigenvalue weighted by Crippen LogP contribution is 2.27. The Morgan fingerprint density at radius 2 is 1.72 bits per heavy atom. The normalized spacial score (nSPS) is 10.5. The Kier molecular flexibility index (Phi) is 5.88. The summed E-state index contributed by atoms with van der Waals surface area (Å²) in [4.78, 5) is 22.3. The van der Waals surface area contributed by atoms with Crippen molar-refractivity contribution in [1.29, 1.82) is 0 Å². The quantitative estimate of drug-likeness (QED) is 0.413. The molecule has 4 aromatic rings. The average molecular weight is 419 g/mol. The SMILES string of the molecule is CN(Sc1ccc(C(=O)Nc2nc(-c3ccccn3)cs2)cc1)c1ccccc1. The van der Waals surface area contributed by atoms with Gasteiger partial charge in [-0.15, -0.1) is 11.3 Å². The molecular weight excluding hydrogens is 400 g/mol. The van der Waals surface area contributed by atoms with E-state index in [2.05, 4.69) is 31.7 Å². The zero-order valence-electron chi connectivity index (χ0n) is 15.6. The molecule has 1 amide bonds. The predicted octanol–water partition coefficient (Wildman–Crippen LogP) is 5.60. The summed E-state index contributed by atoms with van der Waals surface area (Å²) in [6, 6.07) is 23.3. The van der Waals surface area contributed by atoms with Crippen LogP contribution in [0.2, 0.25) is 0 Å². The van der Waals surface area contributed by atoms with Crippen molar-refractivity contribution in [1.82, 2.24) is 9.97 Å². The number of pyridine rings is 1. The maximum Gasteiger partial charge on any atom is 0.257 e. The summed E-state index contributed by atoms with van der Waals surface area (Å²) in [5.74, 6) is -0.181. The van der Waals surface area contributed by atoms with Crippen LogP contribution in [-0.4, -0.2) is 22.9 Å². The highest BCUT2D eigenvalue weighted by Gasteiger charge is 2.11. The number of carbonyl (C=O) groups is 1. The number of nitrogens with zero attached hydrogens (tertiary/aromatic N) is 3. The molecule has 0 fully saturated rings. The highest BCUT2D eigenvalue weighted by molar-refractivity contribution is 8.00. The molecule has 0 bridgehead atoms. The molecule has 2 heterocycles. The molecule has 0 radical (unpaired) electrons. The van der Waals surface area contributed by atoms with Gasteiger partial charge in [0.2, 0.25) is 0 Å². The number of benzene rings is 2. The Balaban J connectivity index is 1.39. The van der Waals surface area contributed by atoms with Gasteiger partial charge in [-0.05, 0) is 60.5 Å². The molecule has 29 heavy (non-hydrogen) atoms. The van der Waals surface area contributed by atoms with Crippen LogP contribution in [0.4, 0.5) is 10.8 Å². The Morgan fingerprint density at radius 3 is 2.45 bits per heavy atom. The van der Waals surface area contributed by atoms with Gasteiger partial charge in [-0.1, -0.05) is 24.3 Å². The van der Waals surface area contributed by atoms with Gasteiger partial charge in [-0.25, -0.2) is 4.98 Å². The van der Waals surface area contributed by atoms with Crippen LogP contribution in [0.1, 0.15) is 10.4 Å². The minimum absolute atomic E-state index is 0.181. The molecule has 2 aromatic heterocycles. The molecule has 0 aliphatic rings. The van der Waals surface area contributed by atoms with Crippen molar-refractivity contribution in [2.24, 2.45) is 0 Å². The van der Waals surface area contributed by atoms with E-state index in [4.69, 9.17) is 0 Å². The summed E-state index contributed by atoms with van der Waals surface area (Å²) in [6.45, 7) is 0. The van der Waals surface area contributed by atoms with E-state index in [0.717, 1.165) is 22.0 Å². The summed E-state index contributed by atoms with van der Waals surface area (Å²) in [5, 5.41) is 5.30. The molecule has 2 aromatic carbocycles. The van der Waals surface area contributed by atoms with Crippen molar-refractivity contribution < 1.29 is 4.79 Å². The van der Waals surface area contributed by atoms with Crippen LogP contribution in [0, 0.1) is 0 Å². The van der Waals surface area contributed by atoms with Crippen molar-refractivity contribution in [2.75, 3.05) is 16.7 Å². The third-order valence-electron chi connectivity index (χ3n) is 4.13. The predicted molar refractivity (Wildman–Crippen MR) is 120 cm³/mol. The summed E-state index contributed by atoms with van der Waals surface area (Å²) in [7, 11) is 2.02. The zero-order valence-corrected chi connectivity index (χ0v) is 17.3. The topological polar surface area (TPSA) is 58.1 Å². The first-order valence-corrected chi connectivity index (χ1v) is 10.6. The monoisotopic (exact) mass is 418 g/mol. The summed E-state index contributed by atoms with van der Waals surface area (Å²) in [6.07, 6.45) is 1.72. The van der Waals surface area contributed by atoms with Crippen molar-refractivity contribution in [3.05, 3.63) is 89.9 Å². The summed E-state index contributed by atoms with van der Waals surface area (Å²) in [5.41, 5.74) is 3.24. The minimum atomic E-state index is -0.181. The smallest absolute Gasteiger partial charge is 0.257 e. The van der Waals surface area contributed by atoms with E-state index in [1.807, 2.05) is 73.1 Å². The first-order chi connectivity index (χ1) is 14.2. The number of thiazole rings is 1. The Bertz CT molecular complexity index is 1080. The molecule has 0 aliphatic heterocycles. The molecule has 0 saturated carbocycles. The lowest BCUT2D eigenvalue weighted by Gasteiger charge is -2.17. The molecule has 1 N–H and O–H groups in total. The van der Waals surface area contributed by atoms with E-state index in [9.17, 15) is 4.79 Å². The number of rotatable bonds is 6. The van der Waals surface area contributed by atoms with E-state index in [-0.39, 0.29) is 5.91 Å². The minimum Gasteiger partial charge on any atom is -0.315 e. The van der Waals surface area contributed by atoms with Gasteiger partial charge in [-0.2, -0.15) is 0 Å². The largest absolute Gasteiger partial charge is 0.315 e. The second kappa shape index (κ2) is 8.89. The van der Waals surface area contributed by atoms with E-state index < -0.39 is 0 Å². The van der Waals surface area contributed by atoms with Gasteiger partial charge in [0, 0.05) is 34.8 Å². The maximum absolute atomic E-state index is 12.5. The van der Waals surface area contributed by atoms with Crippen molar-refractivity contribution >= 4 is 40.0 Å². The number of carbonyl (C=O) groups excluding carboxylic acids is 1. The van der Waals surface area contributed by atoms with E-state index >= 15 is 0 Å². The van der Waals surface area contributed by atoms with Crippen molar-refractivity contribution in [3.8, 4) is 11.4 Å². The fraction of sp³-hybridized carbons (Fsp3) is 0.0455. The third-order valence-corrected chi connectivity index (χ3v) is 5.86. The van der Waals surface area contributed by atoms with Gasteiger partial charge in [0.1, 0.15) is 5.69 Å². The van der Waals surface area contributed by atoms with Crippen molar-refractivity contribution in [2.45, 2.75) is 4.90 Å². The van der Waals surface area contributed by atoms with Crippen LogP contribution in [0.5, 0.6) is 0 Å². The molecule has 0 aliphatic carbocycles. The lowest BCUT2D eigenvalue weighted by molar-refractivity contribution is 0.102. The Morgan fingerprint density at radius 1 is 0.966 bits per heavy atom. The van der Waals surface area contributed by atoms with E-state index in [1.54, 1.807) is 18.1 Å². The molecule has 0 saturated heterocycles. The number of nitrogens with one attached hydrogen (secondary N) is 1. The first-order valence-electron chi connectivity index (χ1n) is 8.94. The van der Waals surface area contributed by atoms with E-state index in [1.165, 1.54) is 11.3 Å².